The minimum Gasteiger partial charge on any atom is -0.414 e. The summed E-state index contributed by atoms with van der Waals surface area (Å²) >= 11 is 0. The van der Waals surface area contributed by atoms with Crippen LogP contribution in [0.25, 0.3) is 11.2 Å². The smallest absolute Gasteiger partial charge is 0.280 e. The lowest BCUT2D eigenvalue weighted by molar-refractivity contribution is -0.118. The van der Waals surface area contributed by atoms with Gasteiger partial charge in [-0.15, -0.1) is 0 Å². The molecule has 3 rings (SSSR count). The maximum Gasteiger partial charge on any atom is 0.280 e. The normalized spacial score (nSPS) is 22.0. The molecule has 224 valence electrons. The molecular formula is C26H46N6O6Si2. The first-order chi connectivity index (χ1) is 18.2. The fourth-order valence-corrected chi connectivity index (χ4v) is 5.87. The van der Waals surface area contributed by atoms with Gasteiger partial charge < -0.3 is 18.8 Å². The zero-order valence-electron chi connectivity index (χ0n) is 25.9. The van der Waals surface area contributed by atoms with Crippen LogP contribution < -0.4 is 10.9 Å². The van der Waals surface area contributed by atoms with Crippen LogP contribution in [0.15, 0.2) is 16.3 Å². The third-order valence-electron chi connectivity index (χ3n) is 8.40. The minimum absolute atomic E-state index is 0.00618. The van der Waals surface area contributed by atoms with Crippen molar-refractivity contribution in [2.24, 2.45) is 11.1 Å². The molecule has 0 bridgehead atoms. The first kappa shape index (κ1) is 32.1. The van der Waals surface area contributed by atoms with Crippen LogP contribution in [0.5, 0.6) is 0 Å². The van der Waals surface area contributed by atoms with Crippen LogP contribution in [0.3, 0.4) is 0 Å². The summed E-state index contributed by atoms with van der Waals surface area (Å²) in [5.74, 6) is -0.592. The Kier molecular flexibility index (Phi) is 8.93. The molecule has 1 aliphatic heterocycles. The van der Waals surface area contributed by atoms with E-state index in [-0.39, 0.29) is 45.6 Å². The molecule has 2 aromatic rings. The molecule has 12 nitrogen and oxygen atoms in total. The number of ether oxygens (including phenoxy) is 1. The second-order valence-corrected chi connectivity index (χ2v) is 23.4. The number of nitrogens with zero attached hydrogens (tertiary/aromatic N) is 4. The summed E-state index contributed by atoms with van der Waals surface area (Å²) in [6.07, 6.45) is -0.870. The number of aromatic amines is 1. The van der Waals surface area contributed by atoms with Crippen molar-refractivity contribution < 1.29 is 23.6 Å². The molecule has 1 saturated heterocycles. The number of imidazole rings is 1. The predicted octanol–water partition coefficient (Wildman–Crippen LogP) is 4.85. The van der Waals surface area contributed by atoms with Crippen LogP contribution >= 0.6 is 0 Å². The maximum atomic E-state index is 12.8. The Hall–Kier alpha value is -2.40. The van der Waals surface area contributed by atoms with Gasteiger partial charge in [0.1, 0.15) is 17.9 Å². The van der Waals surface area contributed by atoms with Crippen molar-refractivity contribution in [2.75, 3.05) is 11.9 Å². The molecule has 40 heavy (non-hydrogen) atoms. The number of fused-ring (bicyclic) bond motifs is 1. The van der Waals surface area contributed by atoms with E-state index in [1.165, 1.54) is 6.33 Å². The Morgan fingerprint density at radius 1 is 1.18 bits per heavy atom. The van der Waals surface area contributed by atoms with Crippen molar-refractivity contribution in [2.45, 2.75) is 110 Å². The molecule has 0 radical (unpaired) electrons. The van der Waals surface area contributed by atoms with E-state index in [2.05, 4.69) is 93.2 Å². The van der Waals surface area contributed by atoms with Gasteiger partial charge in [0.25, 0.3) is 5.56 Å². The van der Waals surface area contributed by atoms with Crippen molar-refractivity contribution in [1.29, 1.82) is 0 Å². The molecule has 2 aromatic heterocycles. The van der Waals surface area contributed by atoms with E-state index in [9.17, 15) is 14.8 Å². The van der Waals surface area contributed by atoms with Crippen molar-refractivity contribution in [3.8, 4) is 0 Å². The number of carbonyl (C=O) groups excluding carboxylic acids is 1. The minimum atomic E-state index is -2.41. The third-order valence-corrected chi connectivity index (χ3v) is 17.4. The van der Waals surface area contributed by atoms with Crippen molar-refractivity contribution in [1.82, 2.24) is 19.5 Å². The highest BCUT2D eigenvalue weighted by Gasteiger charge is 2.50. The van der Waals surface area contributed by atoms with Gasteiger partial charge in [-0.05, 0) is 36.3 Å². The topological polar surface area (TPSA) is 153 Å². The Bertz CT molecular complexity index is 1320. The lowest BCUT2D eigenvalue weighted by atomic mass is 10.1. The standard InChI is InChI=1S/C26H46N6O6Si2/c1-15(2)21(33)29-24-28-20-18(22(34)30-24)27-14-32(20)23-19(38-40(11,12)26(6,7)8)17(31-35)16(37-23)13-36-39(9,10)25(3,4)5/h14-16,19,23,35H,13H2,1-12H3,(H2,28,29,30,33,34)/t16-,19+,23-/m1/s1. The quantitative estimate of drug-likeness (QED) is 0.223. The zero-order valence-corrected chi connectivity index (χ0v) is 27.9. The molecule has 0 aromatic carbocycles. The summed E-state index contributed by atoms with van der Waals surface area (Å²) < 4.78 is 21.3. The van der Waals surface area contributed by atoms with Crippen LogP contribution in [0, 0.1) is 5.92 Å². The van der Waals surface area contributed by atoms with Gasteiger partial charge in [-0.2, -0.15) is 4.98 Å². The molecule has 0 unspecified atom stereocenters. The summed E-state index contributed by atoms with van der Waals surface area (Å²) in [5.41, 5.74) is 0.102. The monoisotopic (exact) mass is 594 g/mol. The summed E-state index contributed by atoms with van der Waals surface area (Å²) in [6.45, 7) is 25.0. The number of hydrogen-bond acceptors (Lipinski definition) is 9. The SMILES string of the molecule is CC(C)C(=O)Nc1nc2c(ncn2[C@@H]2O[C@H](CO[Si](C)(C)C(C)(C)C)C(=NO)[C@@H]2O[Si](C)(C)C(C)(C)C)c(=O)[nH]1. The van der Waals surface area contributed by atoms with E-state index >= 15 is 0 Å². The van der Waals surface area contributed by atoms with E-state index in [0.29, 0.717) is 5.71 Å². The molecule has 3 atom stereocenters. The molecular weight excluding hydrogens is 548 g/mol. The number of carbonyl (C=O) groups is 1. The lowest BCUT2D eigenvalue weighted by Gasteiger charge is -2.39. The highest BCUT2D eigenvalue weighted by Crippen LogP contribution is 2.42. The van der Waals surface area contributed by atoms with Gasteiger partial charge in [0.05, 0.1) is 12.9 Å². The summed E-state index contributed by atoms with van der Waals surface area (Å²) in [7, 11) is -4.56. The number of amides is 1. The van der Waals surface area contributed by atoms with Gasteiger partial charge in [-0.3, -0.25) is 24.5 Å². The molecule has 14 heteroatoms. The average molecular weight is 595 g/mol. The average Bonchev–Trinajstić information content (AvgIpc) is 3.37. The van der Waals surface area contributed by atoms with E-state index in [1.807, 2.05) is 0 Å². The van der Waals surface area contributed by atoms with Crippen LogP contribution in [0.2, 0.25) is 36.3 Å². The molecule has 1 amide bonds. The van der Waals surface area contributed by atoms with E-state index in [1.54, 1.807) is 18.4 Å². The van der Waals surface area contributed by atoms with Gasteiger partial charge in [-0.1, -0.05) is 60.5 Å². The van der Waals surface area contributed by atoms with Crippen molar-refractivity contribution in [3.63, 3.8) is 0 Å². The van der Waals surface area contributed by atoms with Gasteiger partial charge >= 0.3 is 0 Å². The molecule has 3 N–H and O–H groups in total. The summed E-state index contributed by atoms with van der Waals surface area (Å²) in [4.78, 5) is 36.5. The highest BCUT2D eigenvalue weighted by atomic mass is 28.4. The van der Waals surface area contributed by atoms with Crippen molar-refractivity contribution >= 4 is 45.4 Å². The number of aromatic nitrogens is 4. The lowest BCUT2D eigenvalue weighted by Crippen LogP contribution is -2.48. The highest BCUT2D eigenvalue weighted by molar-refractivity contribution is 6.74. The van der Waals surface area contributed by atoms with E-state index in [0.717, 1.165) is 0 Å². The summed E-state index contributed by atoms with van der Waals surface area (Å²) in [6, 6.07) is 0. The van der Waals surface area contributed by atoms with Crippen LogP contribution in [-0.2, 0) is 18.4 Å². The Balaban J connectivity index is 2.09. The number of H-pyrrole nitrogens is 1. The molecule has 1 aliphatic rings. The molecule has 0 saturated carbocycles. The number of nitrogens with one attached hydrogen (secondary N) is 2. The van der Waals surface area contributed by atoms with Crippen LogP contribution in [0.4, 0.5) is 5.95 Å². The first-order valence-corrected chi connectivity index (χ1v) is 19.5. The second-order valence-electron chi connectivity index (χ2n) is 13.8. The summed E-state index contributed by atoms with van der Waals surface area (Å²) in [5, 5.41) is 16.3. The fourth-order valence-electron chi connectivity index (χ4n) is 3.64. The Labute approximate surface area is 238 Å². The second kappa shape index (κ2) is 11.1. The Morgan fingerprint density at radius 2 is 1.77 bits per heavy atom. The Morgan fingerprint density at radius 3 is 2.30 bits per heavy atom. The predicted molar refractivity (Wildman–Crippen MR) is 160 cm³/mol. The molecule has 0 aliphatic carbocycles. The first-order valence-electron chi connectivity index (χ1n) is 13.7. The number of anilines is 1. The fraction of sp³-hybridized carbons (Fsp3) is 0.731. The largest absolute Gasteiger partial charge is 0.414 e. The van der Waals surface area contributed by atoms with Gasteiger partial charge in [0.15, 0.2) is 34.0 Å². The zero-order chi connectivity index (χ0) is 30.4. The van der Waals surface area contributed by atoms with Crippen LogP contribution in [0.1, 0.15) is 61.6 Å². The van der Waals surface area contributed by atoms with E-state index in [4.69, 9.17) is 13.6 Å². The van der Waals surface area contributed by atoms with E-state index < -0.39 is 40.6 Å². The molecule has 3 heterocycles. The van der Waals surface area contributed by atoms with Crippen LogP contribution in [-0.4, -0.2) is 71.8 Å². The van der Waals surface area contributed by atoms with Gasteiger partial charge in [0.2, 0.25) is 11.9 Å². The molecule has 1 fully saturated rings. The number of hydrogen-bond donors (Lipinski definition) is 3. The van der Waals surface area contributed by atoms with Crippen molar-refractivity contribution in [3.05, 3.63) is 16.7 Å². The number of oxime groups is 1. The van der Waals surface area contributed by atoms with Gasteiger partial charge in [-0.25, -0.2) is 4.98 Å². The maximum absolute atomic E-state index is 12.8. The third kappa shape index (κ3) is 6.40. The van der Waals surface area contributed by atoms with Gasteiger partial charge in [0, 0.05) is 5.92 Å². The molecule has 0 spiro atoms. The number of rotatable bonds is 8.